The number of nitrogens with zero attached hydrogens (tertiary/aromatic N) is 2. The van der Waals surface area contributed by atoms with E-state index in [4.69, 9.17) is 10.2 Å². The van der Waals surface area contributed by atoms with E-state index in [0.29, 0.717) is 39.1 Å². The van der Waals surface area contributed by atoms with Crippen LogP contribution in [0.15, 0.2) is 52.1 Å². The van der Waals surface area contributed by atoms with Crippen LogP contribution in [0.4, 0.5) is 5.69 Å². The Hall–Kier alpha value is -3.66. The lowest BCUT2D eigenvalue weighted by molar-refractivity contribution is -0.117. The first-order valence-corrected chi connectivity index (χ1v) is 10.1. The number of furan rings is 1. The number of benzene rings is 1. The standard InChI is InChI=1S/C20H19N5O4S/c1-11-16(20(30-2)25-17(23-11)14-4-3-9-29-14)19(28)24-13-7-5-12(6-8-13)18(27)22-10-15(21)26/h3-9H,10H2,1-2H3,(H2,21,26)(H,22,27)(H,24,28). The minimum Gasteiger partial charge on any atom is -0.461 e. The van der Waals surface area contributed by atoms with Crippen molar-refractivity contribution in [3.05, 3.63) is 59.5 Å². The summed E-state index contributed by atoms with van der Waals surface area (Å²) in [6.07, 6.45) is 3.36. The molecule has 10 heteroatoms. The van der Waals surface area contributed by atoms with E-state index >= 15 is 0 Å². The number of nitrogens with two attached hydrogens (primary N) is 1. The molecule has 0 bridgehead atoms. The molecule has 0 aliphatic rings. The van der Waals surface area contributed by atoms with Gasteiger partial charge in [-0.2, -0.15) is 0 Å². The second-order valence-electron chi connectivity index (χ2n) is 6.17. The highest BCUT2D eigenvalue weighted by Gasteiger charge is 2.20. The molecule has 0 saturated heterocycles. The average molecular weight is 425 g/mol. The van der Waals surface area contributed by atoms with Gasteiger partial charge in [-0.05, 0) is 49.6 Å². The van der Waals surface area contributed by atoms with Gasteiger partial charge in [0, 0.05) is 11.3 Å². The van der Waals surface area contributed by atoms with Crippen LogP contribution in [0.5, 0.6) is 0 Å². The number of anilines is 1. The van der Waals surface area contributed by atoms with Gasteiger partial charge in [0.15, 0.2) is 11.6 Å². The maximum absolute atomic E-state index is 12.9. The summed E-state index contributed by atoms with van der Waals surface area (Å²) >= 11 is 1.33. The normalized spacial score (nSPS) is 10.5. The fourth-order valence-electron chi connectivity index (χ4n) is 2.64. The number of hydrogen-bond donors (Lipinski definition) is 3. The molecular formula is C20H19N5O4S. The van der Waals surface area contributed by atoms with Crippen LogP contribution in [0.25, 0.3) is 11.6 Å². The number of carbonyl (C=O) groups excluding carboxylic acids is 3. The molecule has 3 aromatic rings. The Morgan fingerprint density at radius 2 is 1.83 bits per heavy atom. The van der Waals surface area contributed by atoms with Crippen LogP contribution in [0, 0.1) is 6.92 Å². The Kier molecular flexibility index (Phi) is 6.48. The molecule has 0 saturated carbocycles. The number of amides is 3. The lowest BCUT2D eigenvalue weighted by atomic mass is 10.1. The number of rotatable bonds is 7. The Morgan fingerprint density at radius 3 is 2.43 bits per heavy atom. The number of aromatic nitrogens is 2. The SMILES string of the molecule is CSc1nc(-c2ccco2)nc(C)c1C(=O)Nc1ccc(C(=O)NCC(N)=O)cc1. The van der Waals surface area contributed by atoms with Crippen LogP contribution >= 0.6 is 11.8 Å². The minimum atomic E-state index is -0.632. The quantitative estimate of drug-likeness (QED) is 0.389. The number of nitrogens with one attached hydrogen (secondary N) is 2. The molecule has 0 spiro atoms. The molecule has 4 N–H and O–H groups in total. The smallest absolute Gasteiger partial charge is 0.260 e. The number of thioether (sulfide) groups is 1. The van der Waals surface area contributed by atoms with Crippen molar-refractivity contribution >= 4 is 35.2 Å². The van der Waals surface area contributed by atoms with E-state index in [9.17, 15) is 14.4 Å². The van der Waals surface area contributed by atoms with Crippen LogP contribution in [0.2, 0.25) is 0 Å². The zero-order valence-electron chi connectivity index (χ0n) is 16.3. The first-order chi connectivity index (χ1) is 14.4. The third-order valence-electron chi connectivity index (χ3n) is 4.05. The monoisotopic (exact) mass is 425 g/mol. The summed E-state index contributed by atoms with van der Waals surface area (Å²) in [6.45, 7) is 1.48. The van der Waals surface area contributed by atoms with E-state index in [0.717, 1.165) is 0 Å². The Morgan fingerprint density at radius 1 is 1.10 bits per heavy atom. The highest BCUT2D eigenvalue weighted by Crippen LogP contribution is 2.26. The topological polar surface area (TPSA) is 140 Å². The second kappa shape index (κ2) is 9.23. The van der Waals surface area contributed by atoms with Gasteiger partial charge in [0.2, 0.25) is 5.91 Å². The Balaban J connectivity index is 1.77. The highest BCUT2D eigenvalue weighted by molar-refractivity contribution is 7.98. The maximum Gasteiger partial charge on any atom is 0.260 e. The number of carbonyl (C=O) groups is 3. The van der Waals surface area contributed by atoms with Crippen molar-refractivity contribution in [3.8, 4) is 11.6 Å². The fraction of sp³-hybridized carbons (Fsp3) is 0.150. The molecule has 0 atom stereocenters. The van der Waals surface area contributed by atoms with Crippen molar-refractivity contribution in [2.45, 2.75) is 11.9 Å². The van der Waals surface area contributed by atoms with E-state index in [1.54, 1.807) is 31.2 Å². The number of primary amides is 1. The molecule has 2 aromatic heterocycles. The van der Waals surface area contributed by atoms with Crippen LogP contribution in [0.1, 0.15) is 26.4 Å². The summed E-state index contributed by atoms with van der Waals surface area (Å²) in [6, 6.07) is 9.73. The van der Waals surface area contributed by atoms with Crippen molar-refractivity contribution in [3.63, 3.8) is 0 Å². The molecule has 0 radical (unpaired) electrons. The first kappa shape index (κ1) is 21.1. The summed E-state index contributed by atoms with van der Waals surface area (Å²) < 4.78 is 5.34. The molecule has 1 aromatic carbocycles. The lowest BCUT2D eigenvalue weighted by Crippen LogP contribution is -2.33. The molecule has 0 aliphatic heterocycles. The van der Waals surface area contributed by atoms with Crippen LogP contribution in [-0.4, -0.2) is 40.5 Å². The molecular weight excluding hydrogens is 406 g/mol. The molecule has 30 heavy (non-hydrogen) atoms. The van der Waals surface area contributed by atoms with E-state index in [1.165, 1.54) is 30.2 Å². The van der Waals surface area contributed by atoms with E-state index in [1.807, 2.05) is 6.26 Å². The van der Waals surface area contributed by atoms with Gasteiger partial charge in [0.1, 0.15) is 5.03 Å². The Labute approximate surface area is 176 Å². The molecule has 3 rings (SSSR count). The predicted octanol–water partition coefficient (Wildman–Crippen LogP) is 2.23. The minimum absolute atomic E-state index is 0.248. The van der Waals surface area contributed by atoms with Crippen molar-refractivity contribution in [1.82, 2.24) is 15.3 Å². The van der Waals surface area contributed by atoms with Crippen LogP contribution < -0.4 is 16.4 Å². The zero-order chi connectivity index (χ0) is 21.7. The van der Waals surface area contributed by atoms with Crippen molar-refractivity contribution in [2.24, 2.45) is 5.73 Å². The highest BCUT2D eigenvalue weighted by atomic mass is 32.2. The third kappa shape index (κ3) is 4.84. The maximum atomic E-state index is 12.9. The summed E-state index contributed by atoms with van der Waals surface area (Å²) in [7, 11) is 0. The molecule has 0 aliphatic carbocycles. The van der Waals surface area contributed by atoms with E-state index < -0.39 is 11.8 Å². The first-order valence-electron chi connectivity index (χ1n) is 8.83. The van der Waals surface area contributed by atoms with Crippen LogP contribution in [-0.2, 0) is 4.79 Å². The number of hydrogen-bond acceptors (Lipinski definition) is 7. The van der Waals surface area contributed by atoms with Crippen molar-refractivity contribution < 1.29 is 18.8 Å². The number of aryl methyl sites for hydroxylation is 1. The molecule has 3 amide bonds. The van der Waals surface area contributed by atoms with Gasteiger partial charge in [-0.1, -0.05) is 0 Å². The summed E-state index contributed by atoms with van der Waals surface area (Å²) in [5, 5.41) is 5.70. The molecule has 9 nitrogen and oxygen atoms in total. The molecule has 0 unspecified atom stereocenters. The average Bonchev–Trinajstić information content (AvgIpc) is 3.26. The summed E-state index contributed by atoms with van der Waals surface area (Å²) in [5.74, 6) is -0.509. The molecule has 2 heterocycles. The van der Waals surface area contributed by atoms with Gasteiger partial charge in [0.05, 0.1) is 24.1 Å². The summed E-state index contributed by atoms with van der Waals surface area (Å²) in [4.78, 5) is 44.4. The van der Waals surface area contributed by atoms with Gasteiger partial charge >= 0.3 is 0 Å². The van der Waals surface area contributed by atoms with Gasteiger partial charge in [0.25, 0.3) is 11.8 Å². The van der Waals surface area contributed by atoms with Gasteiger partial charge in [-0.3, -0.25) is 14.4 Å². The van der Waals surface area contributed by atoms with Crippen molar-refractivity contribution in [1.29, 1.82) is 0 Å². The molecule has 154 valence electrons. The van der Waals surface area contributed by atoms with E-state index in [2.05, 4.69) is 20.6 Å². The third-order valence-corrected chi connectivity index (χ3v) is 4.73. The van der Waals surface area contributed by atoms with Crippen LogP contribution in [0.3, 0.4) is 0 Å². The predicted molar refractivity (Wildman–Crippen MR) is 112 cm³/mol. The largest absolute Gasteiger partial charge is 0.461 e. The Bertz CT molecular complexity index is 1080. The van der Waals surface area contributed by atoms with Gasteiger partial charge in [-0.15, -0.1) is 11.8 Å². The van der Waals surface area contributed by atoms with E-state index in [-0.39, 0.29) is 12.5 Å². The summed E-state index contributed by atoms with van der Waals surface area (Å²) in [5.41, 5.74) is 6.71. The van der Waals surface area contributed by atoms with Gasteiger partial charge < -0.3 is 20.8 Å². The lowest BCUT2D eigenvalue weighted by Gasteiger charge is -2.12. The van der Waals surface area contributed by atoms with Gasteiger partial charge in [-0.25, -0.2) is 9.97 Å². The molecule has 0 fully saturated rings. The van der Waals surface area contributed by atoms with Crippen molar-refractivity contribution in [2.75, 3.05) is 18.1 Å². The second-order valence-corrected chi connectivity index (χ2v) is 6.97. The fourth-order valence-corrected chi connectivity index (χ4v) is 3.26. The zero-order valence-corrected chi connectivity index (χ0v) is 17.1.